The Bertz CT molecular complexity index is 419. The topological polar surface area (TPSA) is 61.7 Å². The van der Waals surface area contributed by atoms with E-state index in [4.69, 9.17) is 4.74 Å². The first kappa shape index (κ1) is 9.93. The van der Waals surface area contributed by atoms with Gasteiger partial charge < -0.3 is 20.3 Å². The monoisotopic (exact) mass is 221 g/mol. The fourth-order valence-electron chi connectivity index (χ4n) is 2.63. The first-order chi connectivity index (χ1) is 7.75. The molecule has 1 unspecified atom stereocenters. The second-order valence-corrected chi connectivity index (χ2v) is 4.45. The van der Waals surface area contributed by atoms with Crippen LogP contribution in [0.3, 0.4) is 0 Å². The van der Waals surface area contributed by atoms with E-state index in [0.29, 0.717) is 12.5 Å². The number of hydrogen-bond acceptors (Lipinski definition) is 4. The van der Waals surface area contributed by atoms with E-state index in [-0.39, 0.29) is 17.6 Å². The predicted molar refractivity (Wildman–Crippen MR) is 58.7 cm³/mol. The first-order valence-corrected chi connectivity index (χ1v) is 5.63. The molecular weight excluding hydrogens is 206 g/mol. The molecule has 3 N–H and O–H groups in total. The Kier molecular flexibility index (Phi) is 2.26. The van der Waals surface area contributed by atoms with E-state index in [9.17, 15) is 10.2 Å². The Morgan fingerprint density at radius 1 is 1.25 bits per heavy atom. The third-order valence-electron chi connectivity index (χ3n) is 3.49. The summed E-state index contributed by atoms with van der Waals surface area (Å²) in [6, 6.07) is 3.78. The van der Waals surface area contributed by atoms with Gasteiger partial charge in [-0.15, -0.1) is 0 Å². The lowest BCUT2D eigenvalue weighted by Crippen LogP contribution is -2.52. The van der Waals surface area contributed by atoms with Gasteiger partial charge in [0.05, 0.1) is 12.7 Å². The molecule has 4 heteroatoms. The zero-order chi connectivity index (χ0) is 11.1. The van der Waals surface area contributed by atoms with Crippen LogP contribution in [0.25, 0.3) is 0 Å². The van der Waals surface area contributed by atoms with Gasteiger partial charge >= 0.3 is 0 Å². The van der Waals surface area contributed by atoms with Gasteiger partial charge in [-0.2, -0.15) is 0 Å². The summed E-state index contributed by atoms with van der Waals surface area (Å²) in [6.45, 7) is 1.61. The third-order valence-corrected chi connectivity index (χ3v) is 3.49. The quantitative estimate of drug-likeness (QED) is 0.560. The minimum atomic E-state index is -0.0408. The van der Waals surface area contributed by atoms with Crippen molar-refractivity contribution in [3.8, 4) is 11.5 Å². The van der Waals surface area contributed by atoms with Crippen LogP contribution in [0.5, 0.6) is 11.5 Å². The Balaban J connectivity index is 1.98. The van der Waals surface area contributed by atoms with Crippen molar-refractivity contribution in [1.82, 2.24) is 5.32 Å². The maximum Gasteiger partial charge on any atom is 0.161 e. The molecule has 1 aliphatic carbocycles. The van der Waals surface area contributed by atoms with Gasteiger partial charge in [0.25, 0.3) is 0 Å². The van der Waals surface area contributed by atoms with E-state index in [2.05, 4.69) is 5.32 Å². The Hall–Kier alpha value is -1.26. The summed E-state index contributed by atoms with van der Waals surface area (Å²) in [5.41, 5.74) is 1.94. The SMILES string of the molecule is Oc1ccc2c(c1O)C[C@H]1OCCNC1C2. The van der Waals surface area contributed by atoms with Crippen LogP contribution in [0.15, 0.2) is 12.1 Å². The molecule has 0 radical (unpaired) electrons. The van der Waals surface area contributed by atoms with Gasteiger partial charge in [-0.25, -0.2) is 0 Å². The van der Waals surface area contributed by atoms with Crippen LogP contribution in [0.1, 0.15) is 11.1 Å². The molecule has 3 rings (SSSR count). The lowest BCUT2D eigenvalue weighted by Gasteiger charge is -2.37. The van der Waals surface area contributed by atoms with E-state index >= 15 is 0 Å². The van der Waals surface area contributed by atoms with Crippen molar-refractivity contribution in [2.75, 3.05) is 13.2 Å². The maximum atomic E-state index is 9.81. The maximum absolute atomic E-state index is 9.81. The van der Waals surface area contributed by atoms with Crippen LogP contribution >= 0.6 is 0 Å². The van der Waals surface area contributed by atoms with Crippen molar-refractivity contribution >= 4 is 0 Å². The van der Waals surface area contributed by atoms with Crippen LogP contribution in [0.4, 0.5) is 0 Å². The summed E-state index contributed by atoms with van der Waals surface area (Å²) in [7, 11) is 0. The zero-order valence-electron chi connectivity index (χ0n) is 8.94. The smallest absolute Gasteiger partial charge is 0.161 e. The molecule has 1 aliphatic heterocycles. The standard InChI is InChI=1S/C12H15NO3/c14-10-2-1-7-5-9-11(16-4-3-13-9)6-8(7)12(10)15/h1-2,9,11,13-15H,3-6H2/t9?,11-/m1/s1. The number of rotatable bonds is 0. The summed E-state index contributed by atoms with van der Waals surface area (Å²) in [4.78, 5) is 0. The average Bonchev–Trinajstić information content (AvgIpc) is 2.32. The molecule has 0 bridgehead atoms. The Morgan fingerprint density at radius 2 is 2.12 bits per heavy atom. The van der Waals surface area contributed by atoms with Gasteiger partial charge in [-0.05, 0) is 18.1 Å². The second kappa shape index (κ2) is 3.64. The largest absolute Gasteiger partial charge is 0.504 e. The molecule has 0 spiro atoms. The molecule has 86 valence electrons. The van der Waals surface area contributed by atoms with Gasteiger partial charge in [-0.1, -0.05) is 6.07 Å². The first-order valence-electron chi connectivity index (χ1n) is 5.63. The Morgan fingerprint density at radius 3 is 3.00 bits per heavy atom. The molecule has 1 heterocycles. The lowest BCUT2D eigenvalue weighted by atomic mass is 9.84. The predicted octanol–water partition coefficient (Wildman–Crippen LogP) is 0.553. The number of fused-ring (bicyclic) bond motifs is 2. The molecule has 4 nitrogen and oxygen atoms in total. The number of ether oxygens (including phenoxy) is 1. The zero-order valence-corrected chi connectivity index (χ0v) is 8.94. The number of hydrogen-bond donors (Lipinski definition) is 3. The van der Waals surface area contributed by atoms with Crippen LogP contribution in [-0.4, -0.2) is 35.5 Å². The van der Waals surface area contributed by atoms with Gasteiger partial charge in [0.2, 0.25) is 0 Å². The van der Waals surface area contributed by atoms with E-state index in [1.165, 1.54) is 0 Å². The molecule has 0 amide bonds. The molecule has 1 aromatic rings. The van der Waals surface area contributed by atoms with Crippen molar-refractivity contribution < 1.29 is 14.9 Å². The molecular formula is C12H15NO3. The number of phenolic OH excluding ortho intramolecular Hbond substituents is 2. The van der Waals surface area contributed by atoms with Crippen LogP contribution in [0.2, 0.25) is 0 Å². The highest BCUT2D eigenvalue weighted by Gasteiger charge is 2.33. The number of nitrogens with one attached hydrogen (secondary N) is 1. The molecule has 16 heavy (non-hydrogen) atoms. The van der Waals surface area contributed by atoms with E-state index in [0.717, 1.165) is 30.7 Å². The van der Waals surface area contributed by atoms with Crippen molar-refractivity contribution in [3.05, 3.63) is 23.3 Å². The van der Waals surface area contributed by atoms with Gasteiger partial charge in [0.15, 0.2) is 11.5 Å². The normalized spacial score (nSPS) is 28.2. The van der Waals surface area contributed by atoms with Crippen molar-refractivity contribution in [2.24, 2.45) is 0 Å². The Labute approximate surface area is 93.9 Å². The highest BCUT2D eigenvalue weighted by Crippen LogP contribution is 2.36. The number of benzene rings is 1. The van der Waals surface area contributed by atoms with Gasteiger partial charge in [0, 0.05) is 24.6 Å². The third kappa shape index (κ3) is 1.45. The van der Waals surface area contributed by atoms with Crippen molar-refractivity contribution in [1.29, 1.82) is 0 Å². The van der Waals surface area contributed by atoms with Crippen LogP contribution in [0, 0.1) is 0 Å². The van der Waals surface area contributed by atoms with Crippen LogP contribution in [-0.2, 0) is 17.6 Å². The molecule has 1 saturated heterocycles. The molecule has 2 atom stereocenters. The van der Waals surface area contributed by atoms with Crippen LogP contribution < -0.4 is 5.32 Å². The average molecular weight is 221 g/mol. The van der Waals surface area contributed by atoms with E-state index in [1.54, 1.807) is 6.07 Å². The molecule has 1 aromatic carbocycles. The van der Waals surface area contributed by atoms with E-state index < -0.39 is 0 Å². The lowest BCUT2D eigenvalue weighted by molar-refractivity contribution is -0.00778. The van der Waals surface area contributed by atoms with Crippen molar-refractivity contribution in [3.63, 3.8) is 0 Å². The highest BCUT2D eigenvalue weighted by molar-refractivity contribution is 5.50. The summed E-state index contributed by atoms with van der Waals surface area (Å²) in [6.07, 6.45) is 1.65. The number of phenols is 2. The molecule has 0 saturated carbocycles. The van der Waals surface area contributed by atoms with E-state index in [1.807, 2.05) is 6.07 Å². The fourth-order valence-corrected chi connectivity index (χ4v) is 2.63. The second-order valence-electron chi connectivity index (χ2n) is 4.45. The summed E-state index contributed by atoms with van der Waals surface area (Å²) >= 11 is 0. The van der Waals surface area contributed by atoms with Crippen molar-refractivity contribution in [2.45, 2.75) is 25.0 Å². The number of morpholine rings is 1. The highest BCUT2D eigenvalue weighted by atomic mass is 16.5. The van der Waals surface area contributed by atoms with Gasteiger partial charge in [-0.3, -0.25) is 0 Å². The summed E-state index contributed by atoms with van der Waals surface area (Å²) in [5, 5.41) is 22.7. The minimum absolute atomic E-state index is 0.0186. The summed E-state index contributed by atoms with van der Waals surface area (Å²) in [5.74, 6) is -0.0221. The van der Waals surface area contributed by atoms with Gasteiger partial charge in [0.1, 0.15) is 0 Å². The summed E-state index contributed by atoms with van der Waals surface area (Å²) < 4.78 is 5.68. The number of aromatic hydroxyl groups is 2. The molecule has 1 fully saturated rings. The molecule has 0 aromatic heterocycles. The molecule has 2 aliphatic rings. The fraction of sp³-hybridized carbons (Fsp3) is 0.500. The minimum Gasteiger partial charge on any atom is -0.504 e.